The van der Waals surface area contributed by atoms with Gasteiger partial charge in [-0.15, -0.1) is 0 Å². The summed E-state index contributed by atoms with van der Waals surface area (Å²) in [5.41, 5.74) is 10.6. The number of hydrogen-bond donors (Lipinski definition) is 7. The van der Waals surface area contributed by atoms with Crippen molar-refractivity contribution >= 4 is 29.5 Å². The number of carbonyl (C=O) groups is 5. The van der Waals surface area contributed by atoms with Gasteiger partial charge in [0, 0.05) is 44.3 Å². The number of quaternary nitrogens is 1. The second kappa shape index (κ2) is 26.0. The zero-order valence-electron chi connectivity index (χ0n) is 26.4. The first-order valence-corrected chi connectivity index (χ1v) is 13.9. The number of aliphatic hydroxyl groups excluding tert-OH is 1. The first kappa shape index (κ1) is 43.8. The Morgan fingerprint density at radius 2 is 1.36 bits per heavy atom. The molecule has 0 bridgehead atoms. The van der Waals surface area contributed by atoms with Crippen molar-refractivity contribution in [1.29, 1.82) is 0 Å². The number of ketones is 1. The highest BCUT2D eigenvalue weighted by molar-refractivity contribution is 5.87. The molecule has 42 heavy (non-hydrogen) atoms. The van der Waals surface area contributed by atoms with Crippen molar-refractivity contribution in [2.24, 2.45) is 17.4 Å². The Kier molecular flexibility index (Phi) is 27.1. The van der Waals surface area contributed by atoms with Crippen LogP contribution >= 0.6 is 0 Å². The first-order chi connectivity index (χ1) is 19.3. The van der Waals surface area contributed by atoms with Gasteiger partial charge in [-0.25, -0.2) is 4.79 Å². The summed E-state index contributed by atoms with van der Waals surface area (Å²) in [6.45, 7) is 7.39. The minimum Gasteiger partial charge on any atom is -0.481 e. The Labute approximate surface area is 249 Å². The topological polar surface area (TPSA) is 241 Å². The maximum Gasteiger partial charge on any atom is 0.326 e. The van der Waals surface area contributed by atoms with Crippen molar-refractivity contribution in [2.45, 2.75) is 71.1 Å². The minimum atomic E-state index is -1.24. The molecule has 0 rings (SSSR count). The molecule has 9 N–H and O–H groups in total. The van der Waals surface area contributed by atoms with Crippen molar-refractivity contribution in [3.8, 4) is 0 Å². The van der Waals surface area contributed by atoms with Gasteiger partial charge in [-0.3, -0.25) is 19.2 Å². The van der Waals surface area contributed by atoms with Crippen LogP contribution < -0.4 is 22.1 Å². The van der Waals surface area contributed by atoms with Crippen LogP contribution in [0.5, 0.6) is 0 Å². The molecule has 248 valence electrons. The van der Waals surface area contributed by atoms with Crippen LogP contribution in [0.4, 0.5) is 0 Å². The van der Waals surface area contributed by atoms with E-state index in [9.17, 15) is 29.1 Å². The third-order valence-electron chi connectivity index (χ3n) is 4.73. The smallest absolute Gasteiger partial charge is 0.326 e. The van der Waals surface area contributed by atoms with Crippen molar-refractivity contribution in [3.63, 3.8) is 0 Å². The summed E-state index contributed by atoms with van der Waals surface area (Å²) in [5, 5.41) is 31.3. The molecule has 15 heteroatoms. The number of nitrogens with zero attached hydrogens (tertiary/aromatic N) is 1. The number of aliphatic carboxylic acids is 2. The van der Waals surface area contributed by atoms with E-state index in [-0.39, 0.29) is 63.0 Å². The number of nitrogens with one attached hydrogen (secondary N) is 2. The van der Waals surface area contributed by atoms with Gasteiger partial charge in [0.15, 0.2) is 0 Å². The molecule has 0 aliphatic heterocycles. The van der Waals surface area contributed by atoms with E-state index in [2.05, 4.69) is 38.8 Å². The van der Waals surface area contributed by atoms with Gasteiger partial charge in [-0.1, -0.05) is 13.8 Å². The van der Waals surface area contributed by atoms with Crippen LogP contribution in [0, 0.1) is 5.92 Å². The molecule has 0 spiro atoms. The second-order valence-electron chi connectivity index (χ2n) is 11.2. The molecule has 0 radical (unpaired) electrons. The molecular formula is C27H56N5O10+. The number of amides is 2. The Balaban J connectivity index is -0.000000702. The van der Waals surface area contributed by atoms with E-state index in [0.717, 1.165) is 4.48 Å². The molecule has 3 atom stereocenters. The van der Waals surface area contributed by atoms with E-state index in [1.54, 1.807) is 20.8 Å². The molecule has 2 amide bonds. The third-order valence-corrected chi connectivity index (χ3v) is 4.73. The molecular weight excluding hydrogens is 554 g/mol. The molecule has 3 unspecified atom stereocenters. The van der Waals surface area contributed by atoms with Crippen LogP contribution in [-0.2, 0) is 33.4 Å². The number of rotatable bonds is 20. The molecule has 0 fully saturated rings. The number of Topliss-reactive ketones (excluding diaryl/α,β-unsaturated/α-hetero) is 1. The molecule has 0 saturated carbocycles. The number of ether oxygens (including phenoxy) is 2. The molecule has 0 aromatic heterocycles. The fraction of sp³-hybridized carbons (Fsp3) is 0.815. The van der Waals surface area contributed by atoms with Crippen LogP contribution in [0.1, 0.15) is 52.9 Å². The van der Waals surface area contributed by atoms with Gasteiger partial charge in [-0.2, -0.15) is 0 Å². The summed E-state index contributed by atoms with van der Waals surface area (Å²) in [6.07, 6.45) is -1.19. The van der Waals surface area contributed by atoms with Crippen molar-refractivity contribution in [2.75, 3.05) is 67.7 Å². The summed E-state index contributed by atoms with van der Waals surface area (Å²) in [6, 6.07) is -1.44. The molecule has 0 aromatic rings. The van der Waals surface area contributed by atoms with E-state index >= 15 is 0 Å². The summed E-state index contributed by atoms with van der Waals surface area (Å²) in [7, 11) is 8.50. The van der Waals surface area contributed by atoms with E-state index < -0.39 is 35.9 Å². The van der Waals surface area contributed by atoms with E-state index in [1.807, 2.05) is 0 Å². The first-order valence-electron chi connectivity index (χ1n) is 13.9. The monoisotopic (exact) mass is 610 g/mol. The largest absolute Gasteiger partial charge is 0.481 e. The van der Waals surface area contributed by atoms with Gasteiger partial charge in [0.2, 0.25) is 11.8 Å². The highest BCUT2D eigenvalue weighted by atomic mass is 16.5. The number of carboxylic acids is 2. The molecule has 0 heterocycles. The lowest BCUT2D eigenvalue weighted by atomic mass is 10.0. The maximum absolute atomic E-state index is 11.7. The number of hydrogen-bond acceptors (Lipinski definition) is 10. The fourth-order valence-electron chi connectivity index (χ4n) is 2.38. The van der Waals surface area contributed by atoms with Crippen molar-refractivity contribution in [3.05, 3.63) is 0 Å². The molecule has 0 aliphatic rings. The number of nitrogens with two attached hydrogens (primary N) is 2. The summed E-state index contributed by atoms with van der Waals surface area (Å²) < 4.78 is 11.2. The highest BCUT2D eigenvalue weighted by Crippen LogP contribution is 2.06. The average Bonchev–Trinajstić information content (AvgIpc) is 2.85. The van der Waals surface area contributed by atoms with Gasteiger partial charge in [0.25, 0.3) is 0 Å². The van der Waals surface area contributed by atoms with Crippen molar-refractivity contribution in [1.82, 2.24) is 10.6 Å². The standard InChI is InChI=1S/C15H24N2O7.C8H20N2O3.C4H12N/c1-9(2)11(18)4-3-10(15(23)24)17-13(20)6-5-12(19)16-8-7-14(21)22;1-7(10)8(11)6-13-5-4-12-3-2-9;1-5(2,3)4/h9-10H,3-8H2,1-2H3,(H,16,19)(H,17,20)(H,21,22)(H,23,24);7-8,11H,2-6,9-10H2,1H3;1-4H3/q;;+1. The lowest BCUT2D eigenvalue weighted by Crippen LogP contribution is -2.41. The van der Waals surface area contributed by atoms with Gasteiger partial charge in [-0.05, 0) is 13.3 Å². The molecule has 0 aliphatic carbocycles. The van der Waals surface area contributed by atoms with Crippen LogP contribution in [-0.4, -0.2) is 135 Å². The van der Waals surface area contributed by atoms with Gasteiger partial charge >= 0.3 is 11.9 Å². The predicted molar refractivity (Wildman–Crippen MR) is 157 cm³/mol. The number of aliphatic hydroxyl groups is 1. The predicted octanol–water partition coefficient (Wildman–Crippen LogP) is -1.06. The normalized spacial score (nSPS) is 12.9. The lowest BCUT2D eigenvalue weighted by molar-refractivity contribution is -0.849. The van der Waals surface area contributed by atoms with E-state index in [4.69, 9.17) is 31.2 Å². The van der Waals surface area contributed by atoms with E-state index in [1.165, 1.54) is 0 Å². The summed E-state index contributed by atoms with van der Waals surface area (Å²) in [4.78, 5) is 56.0. The van der Waals surface area contributed by atoms with Gasteiger partial charge in [0.1, 0.15) is 11.8 Å². The van der Waals surface area contributed by atoms with Crippen molar-refractivity contribution < 1.29 is 53.2 Å². The Bertz CT molecular complexity index is 767. The lowest BCUT2D eigenvalue weighted by Gasteiger charge is -2.14. The minimum absolute atomic E-state index is 0.0110. The average molecular weight is 611 g/mol. The number of carboxylic acid groups (broad SMARTS) is 2. The quantitative estimate of drug-likeness (QED) is 0.0645. The van der Waals surface area contributed by atoms with Gasteiger partial charge in [0.05, 0.1) is 67.1 Å². The number of carbonyl (C=O) groups excluding carboxylic acids is 3. The van der Waals surface area contributed by atoms with E-state index in [0.29, 0.717) is 26.4 Å². The Morgan fingerprint density at radius 1 is 0.833 bits per heavy atom. The van der Waals surface area contributed by atoms with Crippen LogP contribution in [0.15, 0.2) is 0 Å². The SMILES string of the molecule is CC(C)C(=O)CCC(NC(=O)CCC(=O)NCCC(=O)O)C(=O)O.CC(N)C(O)COCCOCCN.C[N+](C)(C)C. The van der Waals surface area contributed by atoms with Gasteiger partial charge < -0.3 is 51.4 Å². The molecule has 0 saturated heterocycles. The Hall–Kier alpha value is -2.69. The maximum atomic E-state index is 11.7. The summed E-state index contributed by atoms with van der Waals surface area (Å²) in [5.74, 6) is -3.70. The zero-order valence-corrected chi connectivity index (χ0v) is 26.4. The fourth-order valence-corrected chi connectivity index (χ4v) is 2.38. The molecule has 15 nitrogen and oxygen atoms in total. The zero-order chi connectivity index (χ0) is 33.3. The van der Waals surface area contributed by atoms with Crippen LogP contribution in [0.3, 0.4) is 0 Å². The Morgan fingerprint density at radius 3 is 1.81 bits per heavy atom. The summed E-state index contributed by atoms with van der Waals surface area (Å²) >= 11 is 0. The molecule has 0 aromatic carbocycles. The van der Waals surface area contributed by atoms with Crippen LogP contribution in [0.2, 0.25) is 0 Å². The second-order valence-corrected chi connectivity index (χ2v) is 11.2. The van der Waals surface area contributed by atoms with Crippen LogP contribution in [0.25, 0.3) is 0 Å². The third kappa shape index (κ3) is 35.3. The highest BCUT2D eigenvalue weighted by Gasteiger charge is 2.22.